The van der Waals surface area contributed by atoms with Crippen molar-refractivity contribution in [2.45, 2.75) is 16.7 Å². The second kappa shape index (κ2) is 7.26. The summed E-state index contributed by atoms with van der Waals surface area (Å²) in [5, 5.41) is 10.3. The van der Waals surface area contributed by atoms with Gasteiger partial charge in [0, 0.05) is 23.5 Å². The van der Waals surface area contributed by atoms with Gasteiger partial charge in [-0.1, -0.05) is 60.7 Å². The second-order valence-electron chi connectivity index (χ2n) is 6.33. The fraction of sp³-hybridized carbons (Fsp3) is 0.136. The number of rotatable bonds is 3. The van der Waals surface area contributed by atoms with Crippen LogP contribution in [0.2, 0.25) is 0 Å². The maximum absolute atomic E-state index is 13.2. The first kappa shape index (κ1) is 16.7. The van der Waals surface area contributed by atoms with Crippen LogP contribution in [0, 0.1) is 0 Å². The minimum atomic E-state index is -0.0208. The van der Waals surface area contributed by atoms with E-state index in [4.69, 9.17) is 0 Å². The number of amides is 1. The van der Waals surface area contributed by atoms with Crippen LogP contribution in [0.25, 0.3) is 0 Å². The van der Waals surface area contributed by atoms with Gasteiger partial charge in [0.1, 0.15) is 5.75 Å². The standard InChI is InChI=1S/C22H19NO2S/c24-19-12-6-4-10-17(19)21-15-23(14-16-8-2-1-3-9-16)22(25)18-11-5-7-13-20(18)26-21/h1-13,21,24H,14-15H2. The zero-order valence-electron chi connectivity index (χ0n) is 14.2. The fourth-order valence-electron chi connectivity index (χ4n) is 3.25. The second-order valence-corrected chi connectivity index (χ2v) is 7.58. The summed E-state index contributed by atoms with van der Waals surface area (Å²) in [5.41, 5.74) is 2.69. The molecule has 3 aromatic carbocycles. The number of nitrogens with zero attached hydrogens (tertiary/aromatic N) is 1. The Morgan fingerprint density at radius 2 is 1.62 bits per heavy atom. The predicted molar refractivity (Wildman–Crippen MR) is 104 cm³/mol. The Kier molecular flexibility index (Phi) is 4.67. The van der Waals surface area contributed by atoms with E-state index in [2.05, 4.69) is 0 Å². The summed E-state index contributed by atoms with van der Waals surface area (Å²) in [6.45, 7) is 1.10. The predicted octanol–water partition coefficient (Wildman–Crippen LogP) is 4.88. The normalized spacial score (nSPS) is 16.8. The minimum absolute atomic E-state index is 0.0208. The van der Waals surface area contributed by atoms with Gasteiger partial charge in [0.2, 0.25) is 0 Å². The topological polar surface area (TPSA) is 40.5 Å². The van der Waals surface area contributed by atoms with E-state index in [0.717, 1.165) is 21.6 Å². The summed E-state index contributed by atoms with van der Waals surface area (Å²) in [6, 6.07) is 25.1. The summed E-state index contributed by atoms with van der Waals surface area (Å²) in [6.07, 6.45) is 0. The third kappa shape index (κ3) is 3.33. The van der Waals surface area contributed by atoms with Gasteiger partial charge in [-0.2, -0.15) is 0 Å². The highest BCUT2D eigenvalue weighted by atomic mass is 32.2. The molecule has 0 saturated carbocycles. The highest BCUT2D eigenvalue weighted by Gasteiger charge is 2.30. The molecule has 0 aliphatic carbocycles. The number of phenolic OH excluding ortho intramolecular Hbond substituents is 1. The number of hydrogen-bond acceptors (Lipinski definition) is 3. The number of carbonyl (C=O) groups is 1. The van der Waals surface area contributed by atoms with E-state index in [1.54, 1.807) is 17.8 Å². The van der Waals surface area contributed by atoms with Crippen LogP contribution in [0.1, 0.15) is 26.7 Å². The van der Waals surface area contributed by atoms with Gasteiger partial charge in [0.15, 0.2) is 0 Å². The maximum Gasteiger partial charge on any atom is 0.255 e. The number of hydrogen-bond donors (Lipinski definition) is 1. The molecule has 0 spiro atoms. The molecule has 4 rings (SSSR count). The van der Waals surface area contributed by atoms with Crippen LogP contribution in [0.5, 0.6) is 5.75 Å². The largest absolute Gasteiger partial charge is 0.508 e. The highest BCUT2D eigenvalue weighted by molar-refractivity contribution is 7.99. The molecule has 0 fully saturated rings. The van der Waals surface area contributed by atoms with E-state index >= 15 is 0 Å². The van der Waals surface area contributed by atoms with Gasteiger partial charge < -0.3 is 10.0 Å². The van der Waals surface area contributed by atoms with Crippen molar-refractivity contribution in [1.82, 2.24) is 4.90 Å². The third-order valence-electron chi connectivity index (χ3n) is 4.56. The monoisotopic (exact) mass is 361 g/mol. The van der Waals surface area contributed by atoms with E-state index in [1.165, 1.54) is 0 Å². The minimum Gasteiger partial charge on any atom is -0.508 e. The average molecular weight is 361 g/mol. The lowest BCUT2D eigenvalue weighted by Crippen LogP contribution is -2.32. The Bertz CT molecular complexity index is 926. The molecule has 0 saturated heterocycles. The van der Waals surface area contributed by atoms with Crippen molar-refractivity contribution in [3.05, 3.63) is 95.6 Å². The Labute approximate surface area is 157 Å². The van der Waals surface area contributed by atoms with Crippen LogP contribution in [0.15, 0.2) is 83.8 Å². The van der Waals surface area contributed by atoms with E-state index in [0.29, 0.717) is 13.1 Å². The summed E-state index contributed by atoms with van der Waals surface area (Å²) >= 11 is 1.64. The lowest BCUT2D eigenvalue weighted by molar-refractivity contribution is 0.0743. The molecule has 3 aromatic rings. The summed E-state index contributed by atoms with van der Waals surface area (Å²) in [7, 11) is 0. The number of carbonyl (C=O) groups excluding carboxylic acids is 1. The van der Waals surface area contributed by atoms with Gasteiger partial charge in [-0.15, -0.1) is 11.8 Å². The molecule has 1 atom stereocenters. The summed E-state index contributed by atoms with van der Waals surface area (Å²) in [4.78, 5) is 16.0. The quantitative estimate of drug-likeness (QED) is 0.723. The van der Waals surface area contributed by atoms with E-state index in [-0.39, 0.29) is 16.9 Å². The third-order valence-corrected chi connectivity index (χ3v) is 5.86. The van der Waals surface area contributed by atoms with Crippen LogP contribution < -0.4 is 0 Å². The molecule has 130 valence electrons. The van der Waals surface area contributed by atoms with Crippen molar-refractivity contribution in [2.24, 2.45) is 0 Å². The Morgan fingerprint density at radius 1 is 0.923 bits per heavy atom. The average Bonchev–Trinajstić information content (AvgIpc) is 2.80. The van der Waals surface area contributed by atoms with E-state index in [1.807, 2.05) is 77.7 Å². The van der Waals surface area contributed by atoms with Crippen LogP contribution in [-0.4, -0.2) is 22.5 Å². The first-order valence-corrected chi connectivity index (χ1v) is 9.47. The first-order valence-electron chi connectivity index (χ1n) is 8.59. The van der Waals surface area contributed by atoms with Gasteiger partial charge >= 0.3 is 0 Å². The molecule has 4 heteroatoms. The highest BCUT2D eigenvalue weighted by Crippen LogP contribution is 2.43. The zero-order chi connectivity index (χ0) is 17.9. The number of aromatic hydroxyl groups is 1. The van der Waals surface area contributed by atoms with Crippen molar-refractivity contribution in [3.63, 3.8) is 0 Å². The summed E-state index contributed by atoms with van der Waals surface area (Å²) < 4.78 is 0. The SMILES string of the molecule is O=C1c2ccccc2SC(c2ccccc2O)CN1Cc1ccccc1. The molecule has 1 unspecified atom stereocenters. The number of phenols is 1. The van der Waals surface area contributed by atoms with Crippen molar-refractivity contribution in [2.75, 3.05) is 6.54 Å². The molecule has 0 radical (unpaired) electrons. The molecular weight excluding hydrogens is 342 g/mol. The van der Waals surface area contributed by atoms with Crippen LogP contribution in [-0.2, 0) is 6.54 Å². The number of benzene rings is 3. The molecule has 0 bridgehead atoms. The summed E-state index contributed by atoms with van der Waals surface area (Å²) in [5.74, 6) is 0.311. The Morgan fingerprint density at radius 3 is 2.42 bits per heavy atom. The molecule has 1 aliphatic heterocycles. The van der Waals surface area contributed by atoms with Gasteiger partial charge in [0.05, 0.1) is 10.8 Å². The van der Waals surface area contributed by atoms with Crippen molar-refractivity contribution in [3.8, 4) is 5.75 Å². The molecule has 26 heavy (non-hydrogen) atoms. The Balaban J connectivity index is 1.74. The molecule has 1 N–H and O–H groups in total. The van der Waals surface area contributed by atoms with Gasteiger partial charge in [-0.05, 0) is 23.8 Å². The van der Waals surface area contributed by atoms with Crippen LogP contribution in [0.3, 0.4) is 0 Å². The lowest BCUT2D eigenvalue weighted by Gasteiger charge is -2.25. The van der Waals surface area contributed by atoms with Crippen molar-refractivity contribution < 1.29 is 9.90 Å². The molecule has 1 amide bonds. The van der Waals surface area contributed by atoms with Crippen molar-refractivity contribution in [1.29, 1.82) is 0 Å². The van der Waals surface area contributed by atoms with E-state index in [9.17, 15) is 9.90 Å². The lowest BCUT2D eigenvalue weighted by atomic mass is 10.1. The smallest absolute Gasteiger partial charge is 0.255 e. The molecular formula is C22H19NO2S. The Hall–Kier alpha value is -2.72. The van der Waals surface area contributed by atoms with Crippen LogP contribution in [0.4, 0.5) is 0 Å². The molecule has 3 nitrogen and oxygen atoms in total. The fourth-order valence-corrected chi connectivity index (χ4v) is 4.58. The molecule has 1 aliphatic rings. The van der Waals surface area contributed by atoms with Crippen molar-refractivity contribution >= 4 is 17.7 Å². The van der Waals surface area contributed by atoms with Gasteiger partial charge in [-0.3, -0.25) is 4.79 Å². The maximum atomic E-state index is 13.2. The van der Waals surface area contributed by atoms with Crippen LogP contribution >= 0.6 is 11.8 Å². The van der Waals surface area contributed by atoms with Gasteiger partial charge in [-0.25, -0.2) is 0 Å². The zero-order valence-corrected chi connectivity index (χ0v) is 15.0. The van der Waals surface area contributed by atoms with Gasteiger partial charge in [0.25, 0.3) is 5.91 Å². The number of para-hydroxylation sites is 1. The molecule has 1 heterocycles. The number of fused-ring (bicyclic) bond motifs is 1. The molecule has 0 aromatic heterocycles. The van der Waals surface area contributed by atoms with E-state index < -0.39 is 0 Å². The first-order chi connectivity index (χ1) is 12.7. The number of thioether (sulfide) groups is 1.